The summed E-state index contributed by atoms with van der Waals surface area (Å²) in [6.45, 7) is 13.6. The van der Waals surface area contributed by atoms with Gasteiger partial charge in [-0.15, -0.1) is 0 Å². The van der Waals surface area contributed by atoms with Gasteiger partial charge in [-0.1, -0.05) is 151 Å². The first-order valence-electron chi connectivity index (χ1n) is 18.4. The van der Waals surface area contributed by atoms with Gasteiger partial charge >= 0.3 is 0 Å². The predicted octanol–water partition coefficient (Wildman–Crippen LogP) is 14.7. The lowest BCUT2D eigenvalue weighted by molar-refractivity contribution is 0.590. The summed E-state index contributed by atoms with van der Waals surface area (Å²) in [6, 6.07) is 62.3. The summed E-state index contributed by atoms with van der Waals surface area (Å²) in [6.07, 6.45) is 0. The van der Waals surface area contributed by atoms with Gasteiger partial charge < -0.3 is 9.80 Å². The van der Waals surface area contributed by atoms with Crippen LogP contribution < -0.4 is 9.80 Å². The van der Waals surface area contributed by atoms with E-state index in [0.29, 0.717) is 0 Å². The van der Waals surface area contributed by atoms with Gasteiger partial charge in [0.1, 0.15) is 0 Å². The summed E-state index contributed by atoms with van der Waals surface area (Å²) in [4.78, 5) is 4.78. The number of rotatable bonds is 6. The highest BCUT2D eigenvalue weighted by atomic mass is 15.1. The van der Waals surface area contributed by atoms with Crippen molar-refractivity contribution in [2.75, 3.05) is 9.80 Å². The first kappa shape index (κ1) is 33.3. The van der Waals surface area contributed by atoms with Crippen molar-refractivity contribution in [3.05, 3.63) is 181 Å². The molecule has 0 aliphatic carbocycles. The summed E-state index contributed by atoms with van der Waals surface area (Å²) in [7, 11) is 0. The van der Waals surface area contributed by atoms with Crippen LogP contribution >= 0.6 is 0 Å². The average Bonchev–Trinajstić information content (AvgIpc) is 3.15. The van der Waals surface area contributed by atoms with Crippen molar-refractivity contribution in [3.8, 4) is 0 Å². The summed E-state index contributed by atoms with van der Waals surface area (Å²) in [5.41, 5.74) is 9.72. The number of benzene rings is 8. The minimum absolute atomic E-state index is 0.0894. The summed E-state index contributed by atoms with van der Waals surface area (Å²) < 4.78 is 0. The fraction of sp³-hybridized carbons (Fsp3) is 0.160. The number of anilines is 6. The maximum atomic E-state index is 2.39. The van der Waals surface area contributed by atoms with E-state index in [9.17, 15) is 0 Å². The Labute approximate surface area is 308 Å². The van der Waals surface area contributed by atoms with Crippen LogP contribution in [0, 0.1) is 0 Å². The van der Waals surface area contributed by atoms with E-state index in [-0.39, 0.29) is 10.8 Å². The van der Waals surface area contributed by atoms with E-state index in [2.05, 4.69) is 221 Å². The van der Waals surface area contributed by atoms with Crippen LogP contribution in [0.1, 0.15) is 52.7 Å². The Bertz CT molecular complexity index is 2320. The quantitative estimate of drug-likeness (QED) is 0.162. The van der Waals surface area contributed by atoms with Crippen LogP contribution in [-0.2, 0) is 10.8 Å². The van der Waals surface area contributed by atoms with Crippen molar-refractivity contribution >= 4 is 66.4 Å². The zero-order valence-corrected chi connectivity index (χ0v) is 31.1. The molecule has 0 aromatic heterocycles. The minimum Gasteiger partial charge on any atom is -0.310 e. The molecule has 0 spiro atoms. The third-order valence-electron chi connectivity index (χ3n) is 10.4. The second-order valence-corrected chi connectivity index (χ2v) is 15.9. The normalized spacial score (nSPS) is 12.0. The topological polar surface area (TPSA) is 6.48 Å². The Morgan fingerprint density at radius 1 is 0.269 bits per heavy atom. The lowest BCUT2D eigenvalue weighted by Crippen LogP contribution is -2.13. The average molecular weight is 675 g/mol. The van der Waals surface area contributed by atoms with Crippen molar-refractivity contribution < 1.29 is 0 Å². The van der Waals surface area contributed by atoms with Gasteiger partial charge in [0.15, 0.2) is 0 Å². The fourth-order valence-corrected chi connectivity index (χ4v) is 7.53. The molecule has 0 aliphatic rings. The van der Waals surface area contributed by atoms with E-state index in [1.54, 1.807) is 0 Å². The maximum Gasteiger partial charge on any atom is 0.0540 e. The number of nitrogens with zero attached hydrogens (tertiary/aromatic N) is 2. The third-order valence-corrected chi connectivity index (χ3v) is 10.4. The van der Waals surface area contributed by atoms with Crippen molar-refractivity contribution in [2.45, 2.75) is 52.4 Å². The minimum atomic E-state index is 0.0894. The second kappa shape index (κ2) is 13.0. The Kier molecular flexibility index (Phi) is 8.35. The fourth-order valence-electron chi connectivity index (χ4n) is 7.53. The van der Waals surface area contributed by atoms with Gasteiger partial charge in [0.05, 0.1) is 11.4 Å². The Morgan fingerprint density at radius 2 is 0.577 bits per heavy atom. The molecule has 0 aliphatic heterocycles. The molecule has 2 heteroatoms. The van der Waals surface area contributed by atoms with Crippen LogP contribution in [0.4, 0.5) is 34.1 Å². The van der Waals surface area contributed by atoms with E-state index in [4.69, 9.17) is 0 Å². The lowest BCUT2D eigenvalue weighted by Gasteiger charge is -2.29. The van der Waals surface area contributed by atoms with Crippen molar-refractivity contribution in [1.82, 2.24) is 0 Å². The smallest absolute Gasteiger partial charge is 0.0540 e. The van der Waals surface area contributed by atoms with Crippen molar-refractivity contribution in [3.63, 3.8) is 0 Å². The number of hydrogen-bond donors (Lipinski definition) is 0. The number of hydrogen-bond acceptors (Lipinski definition) is 2. The van der Waals surface area contributed by atoms with Crippen LogP contribution in [0.15, 0.2) is 170 Å². The molecular formula is C50H46N2. The predicted molar refractivity (Wildman–Crippen MR) is 226 cm³/mol. The van der Waals surface area contributed by atoms with Gasteiger partial charge in [0, 0.05) is 33.5 Å². The van der Waals surface area contributed by atoms with Gasteiger partial charge in [0.2, 0.25) is 0 Å². The molecule has 256 valence electrons. The Balaban J connectivity index is 1.30. The van der Waals surface area contributed by atoms with E-state index in [1.807, 2.05) is 0 Å². The molecule has 0 radical (unpaired) electrons. The Hall–Kier alpha value is -5.86. The molecule has 0 amide bonds. The first-order chi connectivity index (χ1) is 25.1. The molecule has 8 aromatic rings. The lowest BCUT2D eigenvalue weighted by atomic mass is 9.87. The molecule has 0 heterocycles. The molecule has 52 heavy (non-hydrogen) atoms. The molecule has 0 bridgehead atoms. The van der Waals surface area contributed by atoms with Crippen LogP contribution in [0.2, 0.25) is 0 Å². The van der Waals surface area contributed by atoms with Gasteiger partial charge in [-0.25, -0.2) is 0 Å². The second-order valence-electron chi connectivity index (χ2n) is 15.9. The maximum absolute atomic E-state index is 2.39. The van der Waals surface area contributed by atoms with Crippen molar-refractivity contribution in [2.24, 2.45) is 0 Å². The van der Waals surface area contributed by atoms with Crippen LogP contribution in [-0.4, -0.2) is 0 Å². The number of para-hydroxylation sites is 2. The van der Waals surface area contributed by atoms with Gasteiger partial charge in [-0.05, 0) is 104 Å². The molecular weight excluding hydrogens is 629 g/mol. The van der Waals surface area contributed by atoms with E-state index in [1.165, 1.54) is 43.4 Å². The molecule has 0 atom stereocenters. The van der Waals surface area contributed by atoms with E-state index < -0.39 is 0 Å². The summed E-state index contributed by atoms with van der Waals surface area (Å²) in [5, 5.41) is 7.43. The molecule has 8 aromatic carbocycles. The SMILES string of the molecule is CC(C)(C)c1ccc(N(c2ccccc2)c2cccc3c2ccc2c4cccc(N(c5ccccc5)c5ccc(C(C)(C)C)cc5)c4ccc32)cc1. The molecule has 2 nitrogen and oxygen atoms in total. The van der Waals surface area contributed by atoms with Gasteiger partial charge in [-0.2, -0.15) is 0 Å². The zero-order valence-electron chi connectivity index (χ0n) is 31.1. The van der Waals surface area contributed by atoms with Gasteiger partial charge in [0.25, 0.3) is 0 Å². The van der Waals surface area contributed by atoms with Gasteiger partial charge in [-0.3, -0.25) is 0 Å². The zero-order chi connectivity index (χ0) is 36.0. The van der Waals surface area contributed by atoms with Crippen molar-refractivity contribution in [1.29, 1.82) is 0 Å². The molecule has 0 fully saturated rings. The Morgan fingerprint density at radius 3 is 0.923 bits per heavy atom. The highest BCUT2D eigenvalue weighted by Gasteiger charge is 2.21. The van der Waals surface area contributed by atoms with Crippen LogP contribution in [0.25, 0.3) is 32.3 Å². The van der Waals surface area contributed by atoms with Crippen LogP contribution in [0.3, 0.4) is 0 Å². The molecule has 8 rings (SSSR count). The first-order valence-corrected chi connectivity index (χ1v) is 18.4. The molecule has 0 saturated carbocycles. The highest BCUT2D eigenvalue weighted by molar-refractivity contribution is 6.21. The highest BCUT2D eigenvalue weighted by Crippen LogP contribution is 2.45. The standard InChI is InChI=1S/C50H46N2/c1-49(2,3)35-23-27-39(28-24-35)51(37-15-9-7-10-16-37)47-21-13-19-41-43-32-34-46-42(44(43)31-33-45(41)47)20-14-22-48(46)52(38-17-11-8-12-18-38)40-29-25-36(26-30-40)50(4,5)6/h7-34H,1-6H3. The summed E-state index contributed by atoms with van der Waals surface area (Å²) >= 11 is 0. The molecule has 0 N–H and O–H groups in total. The van der Waals surface area contributed by atoms with Crippen LogP contribution in [0.5, 0.6) is 0 Å². The number of fused-ring (bicyclic) bond motifs is 5. The monoisotopic (exact) mass is 674 g/mol. The largest absolute Gasteiger partial charge is 0.310 e. The van der Waals surface area contributed by atoms with E-state index in [0.717, 1.165) is 34.1 Å². The molecule has 0 saturated heterocycles. The third kappa shape index (κ3) is 6.09. The summed E-state index contributed by atoms with van der Waals surface area (Å²) in [5.74, 6) is 0. The van der Waals surface area contributed by atoms with E-state index >= 15 is 0 Å². The molecule has 0 unspecified atom stereocenters.